The van der Waals surface area contributed by atoms with Crippen molar-refractivity contribution in [3.63, 3.8) is 0 Å². The SMILES string of the molecule is CNCC(=O)Nc1cc(Br)ccc1Cl. The fraction of sp³-hybridized carbons (Fsp3) is 0.222. The fourth-order valence-corrected chi connectivity index (χ4v) is 1.47. The van der Waals surface area contributed by atoms with Crippen molar-refractivity contribution >= 4 is 39.1 Å². The minimum absolute atomic E-state index is 0.118. The number of hydrogen-bond acceptors (Lipinski definition) is 2. The van der Waals surface area contributed by atoms with E-state index in [0.717, 1.165) is 4.47 Å². The average molecular weight is 278 g/mol. The molecule has 0 unspecified atom stereocenters. The van der Waals surface area contributed by atoms with Crippen LogP contribution in [-0.4, -0.2) is 19.5 Å². The number of carbonyl (C=O) groups is 1. The van der Waals surface area contributed by atoms with Crippen LogP contribution in [0.5, 0.6) is 0 Å². The van der Waals surface area contributed by atoms with Crippen molar-refractivity contribution in [3.8, 4) is 0 Å². The number of nitrogens with one attached hydrogen (secondary N) is 2. The summed E-state index contributed by atoms with van der Waals surface area (Å²) in [6.45, 7) is 0.267. The zero-order valence-corrected chi connectivity index (χ0v) is 9.95. The summed E-state index contributed by atoms with van der Waals surface area (Å²) in [4.78, 5) is 11.2. The molecule has 1 aromatic rings. The minimum Gasteiger partial charge on any atom is -0.324 e. The zero-order chi connectivity index (χ0) is 10.6. The lowest BCUT2D eigenvalue weighted by Gasteiger charge is -2.06. The summed E-state index contributed by atoms with van der Waals surface area (Å²) in [5.41, 5.74) is 0.612. The Morgan fingerprint density at radius 3 is 2.93 bits per heavy atom. The molecule has 76 valence electrons. The van der Waals surface area contributed by atoms with E-state index in [0.29, 0.717) is 10.7 Å². The van der Waals surface area contributed by atoms with Gasteiger partial charge in [-0.2, -0.15) is 0 Å². The smallest absolute Gasteiger partial charge is 0.238 e. The molecule has 0 heterocycles. The lowest BCUT2D eigenvalue weighted by molar-refractivity contribution is -0.115. The molecular formula is C9H10BrClN2O. The Bertz CT molecular complexity index is 344. The van der Waals surface area contributed by atoms with E-state index in [1.54, 1.807) is 19.2 Å². The molecule has 1 aromatic carbocycles. The molecular weight excluding hydrogens is 267 g/mol. The standard InChI is InChI=1S/C9H10BrClN2O/c1-12-5-9(14)13-8-4-6(10)2-3-7(8)11/h2-4,12H,5H2,1H3,(H,13,14). The number of halogens is 2. The summed E-state index contributed by atoms with van der Waals surface area (Å²) < 4.78 is 0.877. The van der Waals surface area contributed by atoms with E-state index in [1.807, 2.05) is 6.07 Å². The van der Waals surface area contributed by atoms with Crippen LogP contribution in [0.15, 0.2) is 22.7 Å². The topological polar surface area (TPSA) is 41.1 Å². The quantitative estimate of drug-likeness (QED) is 0.890. The van der Waals surface area contributed by atoms with Crippen molar-refractivity contribution in [2.45, 2.75) is 0 Å². The number of rotatable bonds is 3. The Hall–Kier alpha value is -0.580. The largest absolute Gasteiger partial charge is 0.324 e. The van der Waals surface area contributed by atoms with E-state index in [9.17, 15) is 4.79 Å². The van der Waals surface area contributed by atoms with Crippen LogP contribution in [0.4, 0.5) is 5.69 Å². The minimum atomic E-state index is -0.118. The molecule has 5 heteroatoms. The Kier molecular flexibility index (Phi) is 4.38. The highest BCUT2D eigenvalue weighted by Gasteiger charge is 2.04. The highest BCUT2D eigenvalue weighted by atomic mass is 79.9. The highest BCUT2D eigenvalue weighted by molar-refractivity contribution is 9.10. The van der Waals surface area contributed by atoms with Gasteiger partial charge in [-0.15, -0.1) is 0 Å². The maximum atomic E-state index is 11.2. The van der Waals surface area contributed by atoms with Gasteiger partial charge in [0.2, 0.25) is 5.91 Å². The van der Waals surface area contributed by atoms with Gasteiger partial charge in [0.05, 0.1) is 17.3 Å². The van der Waals surface area contributed by atoms with Crippen molar-refractivity contribution in [1.82, 2.24) is 5.32 Å². The monoisotopic (exact) mass is 276 g/mol. The van der Waals surface area contributed by atoms with Gasteiger partial charge in [-0.05, 0) is 25.2 Å². The summed E-state index contributed by atoms with van der Waals surface area (Å²) in [6.07, 6.45) is 0. The molecule has 0 fully saturated rings. The Morgan fingerprint density at radius 1 is 1.57 bits per heavy atom. The normalized spacial score (nSPS) is 9.93. The third-order valence-corrected chi connectivity index (χ3v) is 2.36. The summed E-state index contributed by atoms with van der Waals surface area (Å²) in [6, 6.07) is 5.30. The van der Waals surface area contributed by atoms with Crippen molar-refractivity contribution in [1.29, 1.82) is 0 Å². The van der Waals surface area contributed by atoms with Crippen molar-refractivity contribution in [2.24, 2.45) is 0 Å². The number of carbonyl (C=O) groups excluding carboxylic acids is 1. The van der Waals surface area contributed by atoms with Gasteiger partial charge in [0.15, 0.2) is 0 Å². The number of amides is 1. The summed E-state index contributed by atoms with van der Waals surface area (Å²) in [5, 5.41) is 5.97. The predicted octanol–water partition coefficient (Wildman–Crippen LogP) is 2.26. The van der Waals surface area contributed by atoms with Gasteiger partial charge in [0, 0.05) is 4.47 Å². The van der Waals surface area contributed by atoms with E-state index >= 15 is 0 Å². The molecule has 0 aliphatic rings. The van der Waals surface area contributed by atoms with Crippen LogP contribution < -0.4 is 10.6 Å². The first-order valence-corrected chi connectivity index (χ1v) is 5.20. The molecule has 3 nitrogen and oxygen atoms in total. The van der Waals surface area contributed by atoms with Crippen LogP contribution in [0.3, 0.4) is 0 Å². The lowest BCUT2D eigenvalue weighted by Crippen LogP contribution is -2.25. The third kappa shape index (κ3) is 3.29. The predicted molar refractivity (Wildman–Crippen MR) is 61.7 cm³/mol. The van der Waals surface area contributed by atoms with E-state index in [4.69, 9.17) is 11.6 Å². The van der Waals surface area contributed by atoms with Gasteiger partial charge in [0.25, 0.3) is 0 Å². The third-order valence-electron chi connectivity index (χ3n) is 1.54. The lowest BCUT2D eigenvalue weighted by atomic mass is 10.3. The fourth-order valence-electron chi connectivity index (χ4n) is 0.948. The van der Waals surface area contributed by atoms with E-state index in [1.165, 1.54) is 0 Å². The van der Waals surface area contributed by atoms with Crippen LogP contribution in [0, 0.1) is 0 Å². The average Bonchev–Trinajstić information content (AvgIpc) is 2.12. The van der Waals surface area contributed by atoms with Crippen molar-refractivity contribution in [2.75, 3.05) is 18.9 Å². The number of hydrogen-bond donors (Lipinski definition) is 2. The van der Waals surface area contributed by atoms with Crippen LogP contribution in [0.25, 0.3) is 0 Å². The molecule has 0 aliphatic heterocycles. The first kappa shape index (κ1) is 11.5. The van der Waals surface area contributed by atoms with Gasteiger partial charge in [0.1, 0.15) is 0 Å². The molecule has 0 atom stereocenters. The zero-order valence-electron chi connectivity index (χ0n) is 7.60. The molecule has 0 aliphatic carbocycles. The van der Waals surface area contributed by atoms with Crippen LogP contribution in [-0.2, 0) is 4.79 Å². The first-order chi connectivity index (χ1) is 6.63. The van der Waals surface area contributed by atoms with Gasteiger partial charge >= 0.3 is 0 Å². The van der Waals surface area contributed by atoms with Crippen LogP contribution in [0.2, 0.25) is 5.02 Å². The molecule has 1 amide bonds. The van der Waals surface area contributed by atoms with E-state index < -0.39 is 0 Å². The number of likely N-dealkylation sites (N-methyl/N-ethyl adjacent to an activating group) is 1. The molecule has 0 saturated heterocycles. The maximum absolute atomic E-state index is 11.2. The van der Waals surface area contributed by atoms with Crippen LogP contribution >= 0.6 is 27.5 Å². The number of anilines is 1. The molecule has 0 spiro atoms. The van der Waals surface area contributed by atoms with Gasteiger partial charge in [-0.25, -0.2) is 0 Å². The number of benzene rings is 1. The molecule has 0 radical (unpaired) electrons. The van der Waals surface area contributed by atoms with E-state index in [2.05, 4.69) is 26.6 Å². The molecule has 0 bridgehead atoms. The van der Waals surface area contributed by atoms with Crippen molar-refractivity contribution in [3.05, 3.63) is 27.7 Å². The molecule has 0 saturated carbocycles. The molecule has 1 rings (SSSR count). The summed E-state index contributed by atoms with van der Waals surface area (Å²) >= 11 is 9.18. The summed E-state index contributed by atoms with van der Waals surface area (Å²) in [7, 11) is 1.71. The Balaban J connectivity index is 2.75. The van der Waals surface area contributed by atoms with Crippen molar-refractivity contribution < 1.29 is 4.79 Å². The first-order valence-electron chi connectivity index (χ1n) is 4.03. The molecule has 14 heavy (non-hydrogen) atoms. The van der Waals surface area contributed by atoms with Gasteiger partial charge < -0.3 is 10.6 Å². The van der Waals surface area contributed by atoms with E-state index in [-0.39, 0.29) is 12.5 Å². The van der Waals surface area contributed by atoms with Gasteiger partial charge in [-0.1, -0.05) is 27.5 Å². The molecule has 0 aromatic heterocycles. The maximum Gasteiger partial charge on any atom is 0.238 e. The molecule has 2 N–H and O–H groups in total. The Morgan fingerprint density at radius 2 is 2.29 bits per heavy atom. The highest BCUT2D eigenvalue weighted by Crippen LogP contribution is 2.25. The Labute approximate surface area is 96.0 Å². The second-order valence-corrected chi connectivity index (χ2v) is 4.03. The van der Waals surface area contributed by atoms with Gasteiger partial charge in [-0.3, -0.25) is 4.79 Å². The second kappa shape index (κ2) is 5.34. The second-order valence-electron chi connectivity index (χ2n) is 2.70. The van der Waals surface area contributed by atoms with Crippen LogP contribution in [0.1, 0.15) is 0 Å². The summed E-state index contributed by atoms with van der Waals surface area (Å²) in [5.74, 6) is -0.118.